The van der Waals surface area contributed by atoms with E-state index in [1.54, 1.807) is 0 Å². The molecule has 2 heteroatoms. The topological polar surface area (TPSA) is 12.0 Å². The van der Waals surface area contributed by atoms with Gasteiger partial charge in [0.15, 0.2) is 0 Å². The summed E-state index contributed by atoms with van der Waals surface area (Å²) in [5, 5.41) is 3.64. The van der Waals surface area contributed by atoms with Gasteiger partial charge in [0, 0.05) is 10.5 Å². The Balaban J connectivity index is 2.13. The Kier molecular flexibility index (Phi) is 5.62. The average Bonchev–Trinajstić information content (AvgIpc) is 2.45. The lowest BCUT2D eigenvalue weighted by molar-refractivity contribution is 0.529. The number of rotatable bonds is 6. The number of benzene rings is 2. The van der Waals surface area contributed by atoms with Gasteiger partial charge in [0.2, 0.25) is 0 Å². The second-order valence-corrected chi connectivity index (χ2v) is 5.66. The zero-order valence-corrected chi connectivity index (χ0v) is 12.9. The number of halogens is 1. The third kappa shape index (κ3) is 4.48. The van der Waals surface area contributed by atoms with E-state index in [0.29, 0.717) is 6.04 Å². The van der Waals surface area contributed by atoms with E-state index in [9.17, 15) is 0 Å². The molecule has 1 nitrogen and oxygen atoms in total. The minimum Gasteiger partial charge on any atom is -0.310 e. The number of hydrogen-bond acceptors (Lipinski definition) is 1. The van der Waals surface area contributed by atoms with Gasteiger partial charge in [0.1, 0.15) is 0 Å². The van der Waals surface area contributed by atoms with Crippen LogP contribution < -0.4 is 5.32 Å². The molecule has 0 radical (unpaired) electrons. The molecule has 1 atom stereocenters. The molecular weight excluding hydrogens is 298 g/mol. The van der Waals surface area contributed by atoms with Gasteiger partial charge in [-0.2, -0.15) is 0 Å². The largest absolute Gasteiger partial charge is 0.310 e. The summed E-state index contributed by atoms with van der Waals surface area (Å²) in [5.41, 5.74) is 2.72. The van der Waals surface area contributed by atoms with Gasteiger partial charge in [0.05, 0.1) is 0 Å². The van der Waals surface area contributed by atoms with Gasteiger partial charge in [0.25, 0.3) is 0 Å². The molecule has 100 valence electrons. The molecule has 19 heavy (non-hydrogen) atoms. The maximum Gasteiger partial charge on any atom is 0.0360 e. The van der Waals surface area contributed by atoms with Crippen LogP contribution in [-0.4, -0.2) is 6.54 Å². The van der Waals surface area contributed by atoms with Crippen LogP contribution in [0.4, 0.5) is 0 Å². The van der Waals surface area contributed by atoms with E-state index in [1.165, 1.54) is 11.1 Å². The van der Waals surface area contributed by atoms with Gasteiger partial charge < -0.3 is 5.32 Å². The van der Waals surface area contributed by atoms with Crippen molar-refractivity contribution in [2.24, 2.45) is 0 Å². The lowest BCUT2D eigenvalue weighted by atomic mass is 9.99. The van der Waals surface area contributed by atoms with Crippen LogP contribution in [-0.2, 0) is 6.42 Å². The molecular formula is C17H20BrN. The van der Waals surface area contributed by atoms with Crippen LogP contribution in [0.1, 0.15) is 30.5 Å². The van der Waals surface area contributed by atoms with Crippen LogP contribution in [0.5, 0.6) is 0 Å². The lowest BCUT2D eigenvalue weighted by Crippen LogP contribution is -2.24. The Morgan fingerprint density at radius 2 is 1.68 bits per heavy atom. The first-order valence-electron chi connectivity index (χ1n) is 6.82. The first kappa shape index (κ1) is 14.3. The Morgan fingerprint density at radius 3 is 2.32 bits per heavy atom. The van der Waals surface area contributed by atoms with Gasteiger partial charge in [-0.3, -0.25) is 0 Å². The van der Waals surface area contributed by atoms with Crippen LogP contribution in [0.15, 0.2) is 59.1 Å². The fourth-order valence-corrected chi connectivity index (χ4v) is 2.44. The van der Waals surface area contributed by atoms with Gasteiger partial charge in [-0.25, -0.2) is 0 Å². The van der Waals surface area contributed by atoms with Crippen molar-refractivity contribution in [1.29, 1.82) is 0 Å². The number of nitrogens with one attached hydrogen (secondary N) is 1. The van der Waals surface area contributed by atoms with Gasteiger partial charge in [-0.1, -0.05) is 65.3 Å². The first-order valence-corrected chi connectivity index (χ1v) is 7.61. The summed E-state index contributed by atoms with van der Waals surface area (Å²) in [6.07, 6.45) is 2.18. The fraction of sp³-hybridized carbons (Fsp3) is 0.294. The smallest absolute Gasteiger partial charge is 0.0360 e. The quantitative estimate of drug-likeness (QED) is 0.812. The SMILES string of the molecule is CCCNC(Cc1ccccc1)c1ccc(Br)cc1. The van der Waals surface area contributed by atoms with Crippen molar-refractivity contribution in [1.82, 2.24) is 5.32 Å². The van der Waals surface area contributed by atoms with E-state index in [2.05, 4.69) is 82.8 Å². The molecule has 0 amide bonds. The molecule has 0 aromatic heterocycles. The summed E-state index contributed by atoms with van der Waals surface area (Å²) in [7, 11) is 0. The van der Waals surface area contributed by atoms with Crippen LogP contribution in [0, 0.1) is 0 Å². The van der Waals surface area contributed by atoms with E-state index in [4.69, 9.17) is 0 Å². The fourth-order valence-electron chi connectivity index (χ4n) is 2.17. The second kappa shape index (κ2) is 7.46. The monoisotopic (exact) mass is 317 g/mol. The minimum absolute atomic E-state index is 0.385. The van der Waals surface area contributed by atoms with Gasteiger partial charge in [-0.05, 0) is 42.6 Å². The molecule has 0 fully saturated rings. The highest BCUT2D eigenvalue weighted by molar-refractivity contribution is 9.10. The lowest BCUT2D eigenvalue weighted by Gasteiger charge is -2.19. The third-order valence-corrected chi connectivity index (χ3v) is 3.72. The molecule has 1 unspecified atom stereocenters. The first-order chi connectivity index (χ1) is 9.29. The summed E-state index contributed by atoms with van der Waals surface area (Å²) < 4.78 is 1.13. The second-order valence-electron chi connectivity index (χ2n) is 4.75. The molecule has 2 rings (SSSR count). The standard InChI is InChI=1S/C17H20BrN/c1-2-12-19-17(13-14-6-4-3-5-7-14)15-8-10-16(18)11-9-15/h3-11,17,19H,2,12-13H2,1H3. The highest BCUT2D eigenvalue weighted by atomic mass is 79.9. The number of hydrogen-bond donors (Lipinski definition) is 1. The molecule has 0 saturated carbocycles. The summed E-state index contributed by atoms with van der Waals surface area (Å²) >= 11 is 3.49. The van der Waals surface area contributed by atoms with E-state index in [-0.39, 0.29) is 0 Å². The molecule has 1 N–H and O–H groups in total. The molecule has 0 aliphatic carbocycles. The zero-order chi connectivity index (χ0) is 13.5. The van der Waals surface area contributed by atoms with Crippen LogP contribution in [0.3, 0.4) is 0 Å². The van der Waals surface area contributed by atoms with Crippen molar-refractivity contribution >= 4 is 15.9 Å². The van der Waals surface area contributed by atoms with Gasteiger partial charge >= 0.3 is 0 Å². The van der Waals surface area contributed by atoms with Crippen molar-refractivity contribution in [3.05, 3.63) is 70.2 Å². The Labute approximate surface area is 124 Å². The summed E-state index contributed by atoms with van der Waals surface area (Å²) in [6.45, 7) is 3.25. The van der Waals surface area contributed by atoms with E-state index >= 15 is 0 Å². The minimum atomic E-state index is 0.385. The molecule has 0 bridgehead atoms. The van der Waals surface area contributed by atoms with Crippen molar-refractivity contribution in [2.45, 2.75) is 25.8 Å². The molecule has 2 aromatic carbocycles. The predicted octanol–water partition coefficient (Wildman–Crippen LogP) is 4.73. The highest BCUT2D eigenvalue weighted by Crippen LogP contribution is 2.20. The van der Waals surface area contributed by atoms with E-state index in [1.807, 2.05) is 0 Å². The van der Waals surface area contributed by atoms with Crippen LogP contribution >= 0.6 is 15.9 Å². The predicted molar refractivity (Wildman–Crippen MR) is 85.3 cm³/mol. The maximum atomic E-state index is 3.64. The van der Waals surface area contributed by atoms with Crippen molar-refractivity contribution < 1.29 is 0 Å². The Hall–Kier alpha value is -1.12. The maximum absolute atomic E-state index is 3.64. The molecule has 0 saturated heterocycles. The highest BCUT2D eigenvalue weighted by Gasteiger charge is 2.11. The molecule has 2 aromatic rings. The van der Waals surface area contributed by atoms with Gasteiger partial charge in [-0.15, -0.1) is 0 Å². The van der Waals surface area contributed by atoms with Crippen molar-refractivity contribution in [3.8, 4) is 0 Å². The van der Waals surface area contributed by atoms with Crippen molar-refractivity contribution in [3.63, 3.8) is 0 Å². The van der Waals surface area contributed by atoms with E-state index in [0.717, 1.165) is 23.9 Å². The summed E-state index contributed by atoms with van der Waals surface area (Å²) in [6, 6.07) is 19.7. The molecule has 0 aliphatic rings. The Morgan fingerprint density at radius 1 is 1.00 bits per heavy atom. The zero-order valence-electron chi connectivity index (χ0n) is 11.3. The molecule has 0 heterocycles. The Bertz CT molecular complexity index is 478. The molecule has 0 aliphatic heterocycles. The van der Waals surface area contributed by atoms with Crippen LogP contribution in [0.25, 0.3) is 0 Å². The summed E-state index contributed by atoms with van der Waals surface area (Å²) in [5.74, 6) is 0. The third-order valence-electron chi connectivity index (χ3n) is 3.20. The van der Waals surface area contributed by atoms with E-state index < -0.39 is 0 Å². The normalized spacial score (nSPS) is 12.3. The molecule has 0 spiro atoms. The average molecular weight is 318 g/mol. The van der Waals surface area contributed by atoms with Crippen LogP contribution in [0.2, 0.25) is 0 Å². The summed E-state index contributed by atoms with van der Waals surface area (Å²) in [4.78, 5) is 0. The van der Waals surface area contributed by atoms with Crippen molar-refractivity contribution in [2.75, 3.05) is 6.54 Å².